The van der Waals surface area contributed by atoms with E-state index in [-0.39, 0.29) is 47.8 Å². The van der Waals surface area contributed by atoms with Gasteiger partial charge in [-0.1, -0.05) is 24.3 Å². The molecule has 11 nitrogen and oxygen atoms in total. The number of phenols is 6. The molecule has 0 saturated heterocycles. The summed E-state index contributed by atoms with van der Waals surface area (Å²) in [5, 5.41) is 68.1. The van der Waals surface area contributed by atoms with Crippen molar-refractivity contribution in [1.29, 1.82) is 0 Å². The third kappa shape index (κ3) is 5.21. The molecule has 57 heavy (non-hydrogen) atoms. The molecule has 0 unspecified atom stereocenters. The first-order valence-electron chi connectivity index (χ1n) is 18.5. The number of nitrogens with zero attached hydrogens (tertiary/aromatic N) is 3. The van der Waals surface area contributed by atoms with Gasteiger partial charge in [-0.2, -0.15) is 0 Å². The molecule has 2 aliphatic heterocycles. The molecule has 0 atom stereocenters. The van der Waals surface area contributed by atoms with Gasteiger partial charge in [-0.3, -0.25) is 23.5 Å². The highest BCUT2D eigenvalue weighted by Crippen LogP contribution is 2.54. The Morgan fingerprint density at radius 2 is 0.789 bits per heavy atom. The van der Waals surface area contributed by atoms with Crippen molar-refractivity contribution in [2.24, 2.45) is 0 Å². The standard InChI is InChI=1S/C44H45Br2N3O8/c1-41(2)25-13-11-20(18-27(25)43(5,6)47(41)9)22-15-23(21-12-14-26-28(19-21)44(7,8)48(10)42(26,3)4)17-24(16-22)49-31-37(54)33(50)29(45)35(52)39(31)56-57-40-32(49)38(55)34(51)30(46)36(40)53/h11-19,50-55H,1-10H3. The number of benzene rings is 5. The first-order valence-corrected chi connectivity index (χ1v) is 20.0. The van der Waals surface area contributed by atoms with Gasteiger partial charge in [-0.25, -0.2) is 0 Å². The van der Waals surface area contributed by atoms with E-state index in [1.165, 1.54) is 15.7 Å². The number of fused-ring (bicyclic) bond motifs is 4. The van der Waals surface area contributed by atoms with Gasteiger partial charge in [0.15, 0.2) is 34.5 Å². The summed E-state index contributed by atoms with van der Waals surface area (Å²) in [5.41, 5.74) is 5.57. The molecule has 13 heteroatoms. The molecule has 0 spiro atoms. The molecule has 1 aromatic heterocycles. The lowest BCUT2D eigenvalue weighted by molar-refractivity contribution is 0.0729. The third-order valence-electron chi connectivity index (χ3n) is 13.1. The summed E-state index contributed by atoms with van der Waals surface area (Å²) >= 11 is 6.21. The highest BCUT2D eigenvalue weighted by atomic mass is 79.9. The van der Waals surface area contributed by atoms with Gasteiger partial charge in [0.25, 0.3) is 0 Å². The number of phenolic OH excluding ortho intramolecular Hbond substituents is 6. The van der Waals surface area contributed by atoms with E-state index in [4.69, 9.17) is 9.15 Å². The molecule has 0 radical (unpaired) electrons. The first kappa shape index (κ1) is 39.0. The third-order valence-corrected chi connectivity index (χ3v) is 14.6. The van der Waals surface area contributed by atoms with E-state index in [1.54, 1.807) is 0 Å². The van der Waals surface area contributed by atoms with Crippen LogP contribution in [0.15, 0.2) is 72.7 Å². The number of aromatic nitrogens is 1. The minimum Gasteiger partial charge on any atom is -0.503 e. The maximum Gasteiger partial charge on any atom is 0.249 e. The molecule has 298 valence electrons. The fourth-order valence-electron chi connectivity index (χ4n) is 9.04. The van der Waals surface area contributed by atoms with Gasteiger partial charge in [0, 0.05) is 27.8 Å². The van der Waals surface area contributed by atoms with Gasteiger partial charge < -0.3 is 30.6 Å². The molecule has 0 amide bonds. The van der Waals surface area contributed by atoms with Gasteiger partial charge in [-0.15, -0.1) is 0 Å². The maximum atomic E-state index is 11.7. The van der Waals surface area contributed by atoms with Crippen molar-refractivity contribution >= 4 is 54.1 Å². The largest absolute Gasteiger partial charge is 0.503 e. The second-order valence-corrected chi connectivity index (χ2v) is 18.8. The summed E-state index contributed by atoms with van der Waals surface area (Å²) in [6, 6.07) is 18.5. The fraction of sp³-hybridized carbons (Fsp3) is 0.318. The highest BCUT2D eigenvalue weighted by Gasteiger charge is 2.48. The van der Waals surface area contributed by atoms with Crippen LogP contribution in [-0.2, 0) is 22.2 Å². The molecule has 0 fully saturated rings. The van der Waals surface area contributed by atoms with Gasteiger partial charge in [0.05, 0.1) is 0 Å². The summed E-state index contributed by atoms with van der Waals surface area (Å²) in [6.07, 6.45) is 0. The Bertz CT molecular complexity index is 2610. The minimum atomic E-state index is -0.756. The predicted octanol–water partition coefficient (Wildman–Crippen LogP) is 11.0. The van der Waals surface area contributed by atoms with Crippen LogP contribution < -0.4 is 0 Å². The second-order valence-electron chi connectivity index (χ2n) is 17.2. The van der Waals surface area contributed by atoms with Crippen molar-refractivity contribution in [2.75, 3.05) is 14.1 Å². The van der Waals surface area contributed by atoms with Crippen LogP contribution in [0.5, 0.6) is 34.5 Å². The van der Waals surface area contributed by atoms with Crippen LogP contribution in [0.3, 0.4) is 0 Å². The Labute approximate surface area is 346 Å². The van der Waals surface area contributed by atoms with Crippen LogP contribution in [0, 0.1) is 0 Å². The van der Waals surface area contributed by atoms with E-state index in [9.17, 15) is 30.6 Å². The van der Waals surface area contributed by atoms with Crippen LogP contribution in [0.25, 0.3) is 50.1 Å². The maximum absolute atomic E-state index is 11.7. The van der Waals surface area contributed by atoms with Crippen molar-refractivity contribution in [3.05, 3.63) is 85.8 Å². The van der Waals surface area contributed by atoms with Gasteiger partial charge in [0.2, 0.25) is 11.2 Å². The van der Waals surface area contributed by atoms with Crippen LogP contribution in [-0.4, -0.2) is 59.1 Å². The summed E-state index contributed by atoms with van der Waals surface area (Å²) < 4.78 is 11.8. The molecule has 5 aromatic carbocycles. The van der Waals surface area contributed by atoms with Crippen molar-refractivity contribution in [3.8, 4) is 62.4 Å². The van der Waals surface area contributed by atoms with Crippen molar-refractivity contribution < 1.29 is 39.8 Å². The van der Waals surface area contributed by atoms with Crippen LogP contribution >= 0.6 is 31.9 Å². The molecule has 0 aliphatic carbocycles. The molecular formula is C44H45Br2N3O8. The Balaban J connectivity index is 1.54. The SMILES string of the molecule is CN1C(C)(C)c2ccc(-c3cc(-c4ccc5c(c4)C(C)(C)N(C)C5(C)C)cc(-n4c5c(O)c(O)c(Br)c(O)c5ooc5c(O)c(Br)c(O)c(O)c54)c3)cc2C1(C)C. The number of halogens is 2. The molecule has 0 saturated carbocycles. The Morgan fingerprint density at radius 3 is 1.16 bits per heavy atom. The summed E-state index contributed by atoms with van der Waals surface area (Å²) in [6.45, 7) is 17.6. The molecule has 0 bridgehead atoms. The number of rotatable bonds is 3. The van der Waals surface area contributed by atoms with Crippen LogP contribution in [0.2, 0.25) is 0 Å². The number of aromatic hydroxyl groups is 6. The monoisotopic (exact) mass is 901 g/mol. The van der Waals surface area contributed by atoms with E-state index >= 15 is 0 Å². The first-order chi connectivity index (χ1) is 26.4. The van der Waals surface area contributed by atoms with Gasteiger partial charge in [-0.05, 0) is 176 Å². The lowest BCUT2D eigenvalue weighted by Crippen LogP contribution is -2.42. The molecule has 8 rings (SSSR count). The second kappa shape index (κ2) is 12.3. The molecule has 6 N–H and O–H groups in total. The van der Waals surface area contributed by atoms with E-state index in [1.807, 2.05) is 12.1 Å². The number of hydrogen-bond donors (Lipinski definition) is 6. The Hall–Kier alpha value is -4.82. The number of hydrogen-bond acceptors (Lipinski definition) is 10. The minimum absolute atomic E-state index is 0.229. The normalized spacial score (nSPS) is 18.0. The molecular weight excluding hydrogens is 858 g/mol. The Kier molecular flexibility index (Phi) is 8.45. The quantitative estimate of drug-likeness (QED) is 0.0573. The molecule has 6 aromatic rings. The zero-order valence-electron chi connectivity index (χ0n) is 33.3. The van der Waals surface area contributed by atoms with Crippen LogP contribution in [0.1, 0.15) is 77.6 Å². The highest BCUT2D eigenvalue weighted by molar-refractivity contribution is 9.11. The lowest BCUT2D eigenvalue weighted by Gasteiger charge is -2.37. The average Bonchev–Trinajstić information content (AvgIpc) is 3.32. The lowest BCUT2D eigenvalue weighted by atomic mass is 9.86. The van der Waals surface area contributed by atoms with E-state index in [0.717, 1.165) is 33.4 Å². The van der Waals surface area contributed by atoms with Gasteiger partial charge >= 0.3 is 0 Å². The smallest absolute Gasteiger partial charge is 0.249 e. The predicted molar refractivity (Wildman–Crippen MR) is 227 cm³/mol. The van der Waals surface area contributed by atoms with E-state index in [2.05, 4.69) is 154 Å². The van der Waals surface area contributed by atoms with Crippen LogP contribution in [0.4, 0.5) is 0 Å². The average molecular weight is 904 g/mol. The van der Waals surface area contributed by atoms with Crippen molar-refractivity contribution in [3.63, 3.8) is 0 Å². The summed E-state index contributed by atoms with van der Waals surface area (Å²) in [4.78, 5) is 4.71. The summed E-state index contributed by atoms with van der Waals surface area (Å²) in [5.74, 6) is -4.26. The summed E-state index contributed by atoms with van der Waals surface area (Å²) in [7, 11) is 4.24. The molecule has 3 heterocycles. The van der Waals surface area contributed by atoms with E-state index < -0.39 is 45.7 Å². The van der Waals surface area contributed by atoms with Crippen molar-refractivity contribution in [1.82, 2.24) is 14.4 Å². The topological polar surface area (TPSA) is 159 Å². The Morgan fingerprint density at radius 1 is 0.439 bits per heavy atom. The van der Waals surface area contributed by atoms with E-state index in [0.29, 0.717) is 0 Å². The zero-order valence-corrected chi connectivity index (χ0v) is 36.5. The zero-order chi connectivity index (χ0) is 41.6. The fourth-order valence-corrected chi connectivity index (χ4v) is 9.78. The van der Waals surface area contributed by atoms with Crippen molar-refractivity contribution in [2.45, 2.75) is 77.5 Å². The van der Waals surface area contributed by atoms with Gasteiger partial charge in [0.1, 0.15) is 20.0 Å². The molecule has 2 aliphatic rings.